The Kier molecular flexibility index (Phi) is 5.87. The van der Waals surface area contributed by atoms with E-state index in [0.29, 0.717) is 24.6 Å². The molecular weight excluding hydrogens is 376 g/mol. The zero-order valence-corrected chi connectivity index (χ0v) is 16.9. The van der Waals surface area contributed by atoms with Crippen LogP contribution in [0.3, 0.4) is 0 Å². The molecule has 3 heterocycles. The molecule has 0 unspecified atom stereocenters. The fourth-order valence-electron chi connectivity index (χ4n) is 4.34. The van der Waals surface area contributed by atoms with Crippen molar-refractivity contribution in [3.8, 4) is 10.7 Å². The lowest BCUT2D eigenvalue weighted by molar-refractivity contribution is -0.139. The van der Waals surface area contributed by atoms with Crippen LogP contribution in [0.4, 0.5) is 0 Å². The minimum absolute atomic E-state index is 0.0846. The molecule has 2 aliphatic rings. The fourth-order valence-corrected chi connectivity index (χ4v) is 4.94. The Morgan fingerprint density at radius 3 is 2.82 bits per heavy atom. The highest BCUT2D eigenvalue weighted by Crippen LogP contribution is 2.31. The molecule has 0 bridgehead atoms. The van der Waals surface area contributed by atoms with E-state index in [1.165, 1.54) is 17.4 Å². The number of nitrogens with one attached hydrogen (secondary N) is 1. The third kappa shape index (κ3) is 4.17. The van der Waals surface area contributed by atoms with Gasteiger partial charge in [-0.2, -0.15) is 0 Å². The molecule has 1 N–H and O–H groups in total. The molecular formula is C20H26N4O3S. The maximum absolute atomic E-state index is 12.9. The number of piperidine rings is 1. The monoisotopic (exact) mass is 402 g/mol. The topological polar surface area (TPSA) is 88.2 Å². The van der Waals surface area contributed by atoms with Crippen LogP contribution in [0, 0.1) is 5.92 Å². The summed E-state index contributed by atoms with van der Waals surface area (Å²) in [6.07, 6.45) is 7.46. The van der Waals surface area contributed by atoms with E-state index in [4.69, 9.17) is 4.74 Å². The van der Waals surface area contributed by atoms with E-state index in [0.717, 1.165) is 43.5 Å². The van der Waals surface area contributed by atoms with E-state index < -0.39 is 0 Å². The lowest BCUT2D eigenvalue weighted by Gasteiger charge is -2.36. The van der Waals surface area contributed by atoms with Gasteiger partial charge in [0.25, 0.3) is 5.56 Å². The predicted molar refractivity (Wildman–Crippen MR) is 107 cm³/mol. The number of carbonyl (C=O) groups is 1. The van der Waals surface area contributed by atoms with Gasteiger partial charge in [0.05, 0.1) is 6.10 Å². The van der Waals surface area contributed by atoms with Crippen molar-refractivity contribution in [2.24, 2.45) is 5.92 Å². The number of aromatic amines is 1. The van der Waals surface area contributed by atoms with Gasteiger partial charge < -0.3 is 14.6 Å². The Bertz CT molecular complexity index is 859. The number of carbonyl (C=O) groups excluding carboxylic acids is 1. The summed E-state index contributed by atoms with van der Waals surface area (Å²) < 4.78 is 5.47. The summed E-state index contributed by atoms with van der Waals surface area (Å²) in [6, 6.07) is 1.50. The average Bonchev–Trinajstić information content (AvgIpc) is 3.28. The minimum atomic E-state index is -0.151. The summed E-state index contributed by atoms with van der Waals surface area (Å²) in [6.45, 7) is 1.42. The molecule has 7 nitrogen and oxygen atoms in total. The molecule has 1 aliphatic heterocycles. The number of methoxy groups -OCH3 is 1. The van der Waals surface area contributed by atoms with Crippen LogP contribution >= 0.6 is 11.3 Å². The summed E-state index contributed by atoms with van der Waals surface area (Å²) in [4.78, 5) is 38.8. The van der Waals surface area contributed by atoms with E-state index >= 15 is 0 Å². The largest absolute Gasteiger partial charge is 0.381 e. The van der Waals surface area contributed by atoms with Gasteiger partial charge in [-0.1, -0.05) is 6.42 Å². The number of ether oxygens (including phenoxy) is 1. The van der Waals surface area contributed by atoms with Crippen molar-refractivity contribution in [1.29, 1.82) is 0 Å². The SMILES string of the molecule is CO[C@@H]1CCC[C@@H](C(=O)N2CCC(c3nc(-c4nccs4)cc(=O)[nH]3)CC2)C1. The summed E-state index contributed by atoms with van der Waals surface area (Å²) in [7, 11) is 1.73. The molecule has 1 aliphatic carbocycles. The number of hydrogen-bond acceptors (Lipinski definition) is 6. The van der Waals surface area contributed by atoms with Gasteiger partial charge in [0, 0.05) is 49.7 Å². The maximum Gasteiger partial charge on any atom is 0.251 e. The first kappa shape index (κ1) is 19.3. The van der Waals surface area contributed by atoms with E-state index in [2.05, 4.69) is 15.0 Å². The maximum atomic E-state index is 12.9. The van der Waals surface area contributed by atoms with Crippen molar-refractivity contribution in [2.75, 3.05) is 20.2 Å². The predicted octanol–water partition coefficient (Wildman–Crippen LogP) is 2.80. The van der Waals surface area contributed by atoms with Crippen LogP contribution in [0.2, 0.25) is 0 Å². The molecule has 2 atom stereocenters. The number of amides is 1. The van der Waals surface area contributed by atoms with Gasteiger partial charge in [0.2, 0.25) is 5.91 Å². The number of rotatable bonds is 4. The molecule has 2 aromatic rings. The number of H-pyrrole nitrogens is 1. The Labute approximate surface area is 168 Å². The van der Waals surface area contributed by atoms with Crippen molar-refractivity contribution in [2.45, 2.75) is 50.5 Å². The minimum Gasteiger partial charge on any atom is -0.381 e. The van der Waals surface area contributed by atoms with Crippen LogP contribution in [-0.4, -0.2) is 52.1 Å². The molecule has 1 saturated heterocycles. The molecule has 1 saturated carbocycles. The zero-order valence-electron chi connectivity index (χ0n) is 16.1. The molecule has 150 valence electrons. The Hall–Kier alpha value is -2.06. The third-order valence-corrected chi connectivity index (χ3v) is 6.71. The van der Waals surface area contributed by atoms with Gasteiger partial charge in [-0.15, -0.1) is 11.3 Å². The second-order valence-corrected chi connectivity index (χ2v) is 8.57. The summed E-state index contributed by atoms with van der Waals surface area (Å²) in [5, 5.41) is 2.63. The van der Waals surface area contributed by atoms with Crippen LogP contribution in [0.1, 0.15) is 50.3 Å². The Morgan fingerprint density at radius 2 is 2.11 bits per heavy atom. The van der Waals surface area contributed by atoms with Gasteiger partial charge in [-0.3, -0.25) is 9.59 Å². The van der Waals surface area contributed by atoms with Gasteiger partial charge in [-0.25, -0.2) is 9.97 Å². The van der Waals surface area contributed by atoms with E-state index in [1.807, 2.05) is 10.3 Å². The number of likely N-dealkylation sites (tertiary alicyclic amines) is 1. The quantitative estimate of drug-likeness (QED) is 0.850. The van der Waals surface area contributed by atoms with E-state index in [1.54, 1.807) is 13.3 Å². The molecule has 2 fully saturated rings. The first-order chi connectivity index (χ1) is 13.6. The number of aromatic nitrogens is 3. The van der Waals surface area contributed by atoms with Crippen molar-refractivity contribution in [3.05, 3.63) is 33.8 Å². The van der Waals surface area contributed by atoms with Gasteiger partial charge in [-0.05, 0) is 32.1 Å². The van der Waals surface area contributed by atoms with Crippen LogP contribution in [0.5, 0.6) is 0 Å². The molecule has 4 rings (SSSR count). The lowest BCUT2D eigenvalue weighted by atomic mass is 9.85. The smallest absolute Gasteiger partial charge is 0.251 e. The summed E-state index contributed by atoms with van der Waals surface area (Å²) >= 11 is 1.47. The lowest BCUT2D eigenvalue weighted by Crippen LogP contribution is -2.43. The number of hydrogen-bond donors (Lipinski definition) is 1. The summed E-state index contributed by atoms with van der Waals surface area (Å²) in [5.41, 5.74) is 0.474. The van der Waals surface area contributed by atoms with Crippen molar-refractivity contribution in [1.82, 2.24) is 19.9 Å². The average molecular weight is 403 g/mol. The normalized spacial score (nSPS) is 23.7. The van der Waals surface area contributed by atoms with E-state index in [9.17, 15) is 9.59 Å². The van der Waals surface area contributed by atoms with Crippen molar-refractivity contribution in [3.63, 3.8) is 0 Å². The second kappa shape index (κ2) is 8.53. The van der Waals surface area contributed by atoms with Crippen molar-refractivity contribution >= 4 is 17.2 Å². The Morgan fingerprint density at radius 1 is 1.29 bits per heavy atom. The van der Waals surface area contributed by atoms with Crippen LogP contribution < -0.4 is 5.56 Å². The highest BCUT2D eigenvalue weighted by Gasteiger charge is 2.33. The Balaban J connectivity index is 1.40. The van der Waals surface area contributed by atoms with Gasteiger partial charge in [0.1, 0.15) is 16.5 Å². The van der Waals surface area contributed by atoms with Crippen LogP contribution in [0.15, 0.2) is 22.4 Å². The molecule has 8 heteroatoms. The van der Waals surface area contributed by atoms with Crippen LogP contribution in [-0.2, 0) is 9.53 Å². The van der Waals surface area contributed by atoms with Crippen LogP contribution in [0.25, 0.3) is 10.7 Å². The molecule has 2 aromatic heterocycles. The summed E-state index contributed by atoms with van der Waals surface area (Å²) in [5.74, 6) is 1.22. The second-order valence-electron chi connectivity index (χ2n) is 7.67. The zero-order chi connectivity index (χ0) is 19.5. The highest BCUT2D eigenvalue weighted by molar-refractivity contribution is 7.13. The fraction of sp³-hybridized carbons (Fsp3) is 0.600. The molecule has 28 heavy (non-hydrogen) atoms. The molecule has 0 radical (unpaired) electrons. The van der Waals surface area contributed by atoms with Gasteiger partial charge >= 0.3 is 0 Å². The van der Waals surface area contributed by atoms with E-state index in [-0.39, 0.29) is 29.4 Å². The highest BCUT2D eigenvalue weighted by atomic mass is 32.1. The molecule has 0 aromatic carbocycles. The molecule has 1 amide bonds. The standard InChI is InChI=1S/C20H26N4O3S/c1-27-15-4-2-3-14(11-15)20(26)24-8-5-13(6-9-24)18-22-16(12-17(25)23-18)19-21-7-10-28-19/h7,10,12-15H,2-6,8-9,11H2,1H3,(H,22,23,25)/t14-,15-/m1/s1. The number of thiazole rings is 1. The number of nitrogens with zero attached hydrogens (tertiary/aromatic N) is 3. The third-order valence-electron chi connectivity index (χ3n) is 5.91. The van der Waals surface area contributed by atoms with Gasteiger partial charge in [0.15, 0.2) is 0 Å². The first-order valence-corrected chi connectivity index (χ1v) is 10.8. The first-order valence-electron chi connectivity index (χ1n) is 9.96. The molecule has 0 spiro atoms. The van der Waals surface area contributed by atoms with Crippen molar-refractivity contribution < 1.29 is 9.53 Å².